The zero-order valence-corrected chi connectivity index (χ0v) is 7.55. The molecule has 0 aromatic rings. The molecule has 0 N–H and O–H groups in total. The summed E-state index contributed by atoms with van der Waals surface area (Å²) in [6, 6.07) is 0. The third-order valence-electron chi connectivity index (χ3n) is 0.311. The van der Waals surface area contributed by atoms with Crippen molar-refractivity contribution in [3.05, 3.63) is 0 Å². The van der Waals surface area contributed by atoms with Gasteiger partial charge in [0.05, 0.1) is 0 Å². The van der Waals surface area contributed by atoms with Gasteiger partial charge in [0.1, 0.15) is 0 Å². The van der Waals surface area contributed by atoms with Crippen molar-refractivity contribution in [3.8, 4) is 0 Å². The molecule has 2 atom stereocenters. The Morgan fingerprint density at radius 3 is 1.88 bits per heavy atom. The van der Waals surface area contributed by atoms with Crippen LogP contribution < -0.4 is 0 Å². The van der Waals surface area contributed by atoms with Gasteiger partial charge in [0, 0.05) is 0 Å². The summed E-state index contributed by atoms with van der Waals surface area (Å²) < 4.78 is 32.4. The van der Waals surface area contributed by atoms with Gasteiger partial charge in [-0.25, -0.2) is 0 Å². The van der Waals surface area contributed by atoms with Crippen molar-refractivity contribution in [2.24, 2.45) is 0 Å². The zero-order chi connectivity index (χ0) is 6.78. The zero-order valence-electron chi connectivity index (χ0n) is 3.47. The molecule has 0 nitrogen and oxygen atoms in total. The predicted octanol–water partition coefficient (Wildman–Crippen LogP) is 1.99. The Morgan fingerprint density at radius 2 is 1.88 bits per heavy atom. The van der Waals surface area contributed by atoms with Crippen LogP contribution in [0.15, 0.2) is 0 Å². The Hall–Kier alpha value is 1.25. The van der Waals surface area contributed by atoms with Crippen molar-refractivity contribution in [3.63, 3.8) is 0 Å². The average Bonchev–Trinajstić information content (AvgIpc) is 1.62. The molecular weight excluding hydrogens is 344 g/mol. The van der Waals surface area contributed by atoms with Crippen LogP contribution in [0, 0.1) is 0 Å². The molecule has 0 aliphatic rings. The maximum absolute atomic E-state index is 11.3. The Morgan fingerprint density at radius 1 is 1.50 bits per heavy atom. The molecule has 0 heterocycles. The maximum atomic E-state index is 11.3. The van der Waals surface area contributed by atoms with Gasteiger partial charge in [-0.3, -0.25) is 0 Å². The van der Waals surface area contributed by atoms with E-state index in [4.69, 9.17) is 11.6 Å². The Balaban J connectivity index is 3.62. The predicted molar refractivity (Wildman–Crippen MR) is 25.4 cm³/mol. The summed E-state index contributed by atoms with van der Waals surface area (Å²) in [4.78, 5) is 0. The summed E-state index contributed by atoms with van der Waals surface area (Å²) in [5.74, 6) is 0. The second kappa shape index (κ2) is 3.43. The van der Waals surface area contributed by atoms with E-state index in [2.05, 4.69) is 0 Å². The quantitative estimate of drug-likeness (QED) is 0.387. The summed E-state index contributed by atoms with van der Waals surface area (Å²) in [5, 5.41) is 0. The van der Waals surface area contributed by atoms with Gasteiger partial charge in [-0.1, -0.05) is 0 Å². The van der Waals surface area contributed by atoms with Crippen LogP contribution in [0.4, 0.5) is 13.2 Å². The fourth-order valence-corrected chi connectivity index (χ4v) is 1.40. The molecule has 0 aromatic carbocycles. The summed E-state index contributed by atoms with van der Waals surface area (Å²) >= 11 is 3.95. The molecule has 0 spiro atoms. The van der Waals surface area contributed by atoms with Gasteiger partial charge in [0.15, 0.2) is 0 Å². The molecule has 0 saturated heterocycles. The van der Waals surface area contributed by atoms with E-state index >= 15 is 0 Å². The van der Waals surface area contributed by atoms with Crippen LogP contribution in [-0.2, 0) is 19.2 Å². The standard InChI is InChI=1S/C2HClF3.Au.H2P/c3-1-2(4,5)6;;/h1H;;1H2/q;+1;-1. The van der Waals surface area contributed by atoms with Crippen LogP contribution >= 0.6 is 18.7 Å². The molecule has 6 heteroatoms. The number of rotatable bonds is 1. The summed E-state index contributed by atoms with van der Waals surface area (Å²) in [7, 11) is 2.03. The summed E-state index contributed by atoms with van der Waals surface area (Å²) in [6.07, 6.45) is -4.20. The minimum atomic E-state index is -4.20. The topological polar surface area (TPSA) is 0 Å². The number of halogens is 4. The summed E-state index contributed by atoms with van der Waals surface area (Å²) in [6.45, 7) is 0. The van der Waals surface area contributed by atoms with Gasteiger partial charge in [-0.2, -0.15) is 0 Å². The van der Waals surface area contributed by atoms with Crippen LogP contribution in [-0.4, -0.2) is 9.77 Å². The molecular formula is C2H3AuClF3P. The van der Waals surface area contributed by atoms with Crippen LogP contribution in [0.2, 0.25) is 0 Å². The molecule has 0 aliphatic carbocycles. The van der Waals surface area contributed by atoms with Crippen molar-refractivity contribution in [2.45, 2.75) is 9.77 Å². The molecule has 0 radical (unpaired) electrons. The molecule has 0 bridgehead atoms. The van der Waals surface area contributed by atoms with E-state index in [1.54, 1.807) is 0 Å². The van der Waals surface area contributed by atoms with Gasteiger partial charge < -0.3 is 0 Å². The minimum absolute atomic E-state index is 0.890. The molecule has 2 unspecified atom stereocenters. The van der Waals surface area contributed by atoms with Crippen LogP contribution in [0.3, 0.4) is 0 Å². The summed E-state index contributed by atoms with van der Waals surface area (Å²) in [5.41, 5.74) is 0. The first-order valence-electron chi connectivity index (χ1n) is 1.42. The normalized spacial score (nSPS) is 16.6. The van der Waals surface area contributed by atoms with Gasteiger partial charge in [0.2, 0.25) is 0 Å². The van der Waals surface area contributed by atoms with E-state index in [1.807, 2.05) is 7.13 Å². The molecule has 0 aliphatic heterocycles. The molecule has 0 rings (SSSR count). The molecule has 0 saturated carbocycles. The Labute approximate surface area is 61.1 Å². The fourth-order valence-electron chi connectivity index (χ4n) is 0.0570. The third kappa shape index (κ3) is 3.31. The first-order chi connectivity index (χ1) is 3.48. The van der Waals surface area contributed by atoms with Gasteiger partial charge in [-0.15, -0.1) is 0 Å². The van der Waals surface area contributed by atoms with Crippen LogP contribution in [0.1, 0.15) is 0 Å². The van der Waals surface area contributed by atoms with Gasteiger partial charge >= 0.3 is 60.9 Å². The molecule has 55 valence electrons. The molecule has 8 heavy (non-hydrogen) atoms. The monoisotopic (exact) mass is 347 g/mol. The fraction of sp³-hybridized carbons (Fsp3) is 1.00. The number of alkyl halides is 4. The Bertz CT molecular complexity index is 74.2. The Kier molecular flexibility index (Phi) is 3.96. The SMILES string of the molecule is FC(F)(F)[CH](Cl)[Au][PH2]. The molecule has 0 aromatic heterocycles. The first-order valence-corrected chi connectivity index (χ1v) is 7.21. The van der Waals surface area contributed by atoms with E-state index in [9.17, 15) is 13.2 Å². The molecule has 0 amide bonds. The average molecular weight is 347 g/mol. The van der Waals surface area contributed by atoms with E-state index in [1.165, 1.54) is 0 Å². The second-order valence-electron chi connectivity index (χ2n) is 0.904. The number of hydrogen-bond donors (Lipinski definition) is 0. The van der Waals surface area contributed by atoms with E-state index in [-0.39, 0.29) is 0 Å². The number of hydrogen-bond acceptors (Lipinski definition) is 0. The van der Waals surface area contributed by atoms with Crippen LogP contribution in [0.25, 0.3) is 0 Å². The van der Waals surface area contributed by atoms with Crippen molar-refractivity contribution < 1.29 is 32.4 Å². The van der Waals surface area contributed by atoms with Crippen molar-refractivity contribution in [1.82, 2.24) is 0 Å². The second-order valence-corrected chi connectivity index (χ2v) is 5.67. The van der Waals surface area contributed by atoms with Gasteiger partial charge in [0.25, 0.3) is 0 Å². The van der Waals surface area contributed by atoms with E-state index < -0.39 is 29.0 Å². The van der Waals surface area contributed by atoms with E-state index in [0.717, 1.165) is 0 Å². The van der Waals surface area contributed by atoms with Gasteiger partial charge in [-0.05, 0) is 0 Å². The molecule has 0 fully saturated rings. The van der Waals surface area contributed by atoms with Crippen molar-refractivity contribution in [2.75, 3.05) is 0 Å². The van der Waals surface area contributed by atoms with Crippen LogP contribution in [0.5, 0.6) is 0 Å². The van der Waals surface area contributed by atoms with Crippen molar-refractivity contribution in [1.29, 1.82) is 0 Å². The van der Waals surface area contributed by atoms with E-state index in [0.29, 0.717) is 0 Å². The van der Waals surface area contributed by atoms with Crippen molar-refractivity contribution >= 4 is 18.7 Å². The first kappa shape index (κ1) is 9.25. The third-order valence-corrected chi connectivity index (χ3v) is 5.21.